The molecule has 0 aliphatic carbocycles. The topological polar surface area (TPSA) is 92.6 Å². The van der Waals surface area contributed by atoms with Gasteiger partial charge in [0.15, 0.2) is 0 Å². The van der Waals surface area contributed by atoms with E-state index >= 15 is 0 Å². The summed E-state index contributed by atoms with van der Waals surface area (Å²) in [5, 5.41) is 12.7. The number of nitro groups is 1. The van der Waals surface area contributed by atoms with Gasteiger partial charge in [-0.1, -0.05) is 0 Å². The van der Waals surface area contributed by atoms with Crippen LogP contribution in [-0.2, 0) is 4.79 Å². The van der Waals surface area contributed by atoms with E-state index in [1.165, 1.54) is 14.1 Å². The molecule has 0 radical (unpaired) electrons. The summed E-state index contributed by atoms with van der Waals surface area (Å²) in [4.78, 5) is 33.1. The molecule has 2 amide bonds. The minimum atomic E-state index is -1.33. The van der Waals surface area contributed by atoms with Gasteiger partial charge in [0.05, 0.1) is 23.1 Å². The number of hydrogen-bond acceptors (Lipinski definition) is 4. The van der Waals surface area contributed by atoms with Crippen LogP contribution in [0.15, 0.2) is 12.1 Å². The molecular formula is C11H11F2N3O4. The second kappa shape index (κ2) is 6.04. The molecule has 0 heterocycles. The van der Waals surface area contributed by atoms with Crippen molar-refractivity contribution >= 4 is 17.5 Å². The highest BCUT2D eigenvalue weighted by molar-refractivity contribution is 5.96. The molecule has 0 unspecified atom stereocenters. The molecule has 0 atom stereocenters. The van der Waals surface area contributed by atoms with Crippen LogP contribution < -0.4 is 5.32 Å². The van der Waals surface area contributed by atoms with Crippen LogP contribution in [0, 0.1) is 21.7 Å². The van der Waals surface area contributed by atoms with Crippen molar-refractivity contribution in [2.24, 2.45) is 0 Å². The van der Waals surface area contributed by atoms with Gasteiger partial charge in [-0.3, -0.25) is 19.7 Å². The minimum absolute atomic E-state index is 0.330. The second-order valence-electron chi connectivity index (χ2n) is 3.87. The normalized spacial score (nSPS) is 10.0. The fourth-order valence-electron chi connectivity index (χ4n) is 1.41. The number of likely N-dealkylation sites (N-methyl/N-ethyl adjacent to an activating group) is 2. The largest absolute Gasteiger partial charge is 0.358 e. The molecule has 0 fully saturated rings. The molecule has 0 saturated carbocycles. The van der Waals surface area contributed by atoms with Gasteiger partial charge in [-0.2, -0.15) is 4.39 Å². The van der Waals surface area contributed by atoms with Gasteiger partial charge >= 0.3 is 5.69 Å². The van der Waals surface area contributed by atoms with Crippen LogP contribution in [0.5, 0.6) is 0 Å². The zero-order valence-electron chi connectivity index (χ0n) is 10.6. The van der Waals surface area contributed by atoms with E-state index in [2.05, 4.69) is 5.32 Å². The first-order chi connectivity index (χ1) is 9.27. The van der Waals surface area contributed by atoms with Crippen LogP contribution in [0.25, 0.3) is 0 Å². The quantitative estimate of drug-likeness (QED) is 0.651. The molecule has 1 N–H and O–H groups in total. The van der Waals surface area contributed by atoms with Crippen molar-refractivity contribution in [1.29, 1.82) is 0 Å². The van der Waals surface area contributed by atoms with Crippen LogP contribution >= 0.6 is 0 Å². The predicted octanol–water partition coefficient (Wildman–Crippen LogP) is 0.691. The molecule has 1 aromatic carbocycles. The number of amides is 2. The van der Waals surface area contributed by atoms with Crippen LogP contribution in [0.1, 0.15) is 10.4 Å². The Morgan fingerprint density at radius 1 is 1.35 bits per heavy atom. The van der Waals surface area contributed by atoms with E-state index in [9.17, 15) is 28.5 Å². The summed E-state index contributed by atoms with van der Waals surface area (Å²) in [6.07, 6.45) is 0. The number of benzene rings is 1. The van der Waals surface area contributed by atoms with Crippen molar-refractivity contribution in [3.63, 3.8) is 0 Å². The lowest BCUT2D eigenvalue weighted by atomic mass is 10.1. The van der Waals surface area contributed by atoms with E-state index in [4.69, 9.17) is 0 Å². The Bertz CT molecular complexity index is 577. The fourth-order valence-corrected chi connectivity index (χ4v) is 1.41. The Hall–Kier alpha value is -2.58. The maximum absolute atomic E-state index is 13.6. The molecular weight excluding hydrogens is 276 g/mol. The Morgan fingerprint density at radius 2 is 1.95 bits per heavy atom. The zero-order chi connectivity index (χ0) is 15.4. The Kier molecular flexibility index (Phi) is 4.68. The average molecular weight is 287 g/mol. The fraction of sp³-hybridized carbons (Fsp3) is 0.273. The first-order valence-corrected chi connectivity index (χ1v) is 5.37. The highest BCUT2D eigenvalue weighted by Gasteiger charge is 2.24. The number of carbonyl (C=O) groups excluding carboxylic acids is 2. The lowest BCUT2D eigenvalue weighted by Gasteiger charge is -2.16. The van der Waals surface area contributed by atoms with Crippen LogP contribution in [0.2, 0.25) is 0 Å². The van der Waals surface area contributed by atoms with Gasteiger partial charge in [0.1, 0.15) is 5.82 Å². The molecule has 1 rings (SSSR count). The van der Waals surface area contributed by atoms with Crippen molar-refractivity contribution in [2.45, 2.75) is 0 Å². The van der Waals surface area contributed by atoms with Gasteiger partial charge in [0.2, 0.25) is 11.7 Å². The van der Waals surface area contributed by atoms with Crippen molar-refractivity contribution in [3.8, 4) is 0 Å². The Labute approximate surface area is 112 Å². The second-order valence-corrected chi connectivity index (χ2v) is 3.87. The van der Waals surface area contributed by atoms with Gasteiger partial charge in [-0.25, -0.2) is 4.39 Å². The number of halogens is 2. The molecule has 0 aliphatic rings. The molecule has 7 nitrogen and oxygen atoms in total. The average Bonchev–Trinajstić information content (AvgIpc) is 2.39. The molecule has 0 aliphatic heterocycles. The number of nitrogens with zero attached hydrogens (tertiary/aromatic N) is 2. The monoisotopic (exact) mass is 287 g/mol. The third-order valence-electron chi connectivity index (χ3n) is 2.47. The number of nitro benzene ring substituents is 1. The Morgan fingerprint density at radius 3 is 2.45 bits per heavy atom. The number of carbonyl (C=O) groups is 2. The maximum Gasteiger partial charge on any atom is 0.307 e. The Balaban J connectivity index is 3.08. The van der Waals surface area contributed by atoms with Gasteiger partial charge in [-0.15, -0.1) is 0 Å². The standard InChI is InChI=1S/C11H11F2N3O4/c1-14-10(17)5-15(2)11(18)6-3-8(13)9(16(19)20)4-7(6)12/h3-4H,5H2,1-2H3,(H,14,17). The third kappa shape index (κ3) is 3.25. The van der Waals surface area contributed by atoms with E-state index in [0.717, 1.165) is 4.90 Å². The molecule has 0 bridgehead atoms. The molecule has 0 aromatic heterocycles. The predicted molar refractivity (Wildman–Crippen MR) is 64.0 cm³/mol. The molecule has 108 valence electrons. The molecule has 0 saturated heterocycles. The first kappa shape index (κ1) is 15.5. The zero-order valence-corrected chi connectivity index (χ0v) is 10.6. The van der Waals surface area contributed by atoms with E-state index < -0.39 is 39.6 Å². The summed E-state index contributed by atoms with van der Waals surface area (Å²) in [6.45, 7) is -0.354. The van der Waals surface area contributed by atoms with E-state index in [0.29, 0.717) is 12.1 Å². The van der Waals surface area contributed by atoms with Gasteiger partial charge < -0.3 is 10.2 Å². The molecule has 9 heteroatoms. The number of hydrogen-bond donors (Lipinski definition) is 1. The van der Waals surface area contributed by atoms with Crippen molar-refractivity contribution in [1.82, 2.24) is 10.2 Å². The lowest BCUT2D eigenvalue weighted by molar-refractivity contribution is -0.387. The first-order valence-electron chi connectivity index (χ1n) is 5.37. The third-order valence-corrected chi connectivity index (χ3v) is 2.47. The van der Waals surface area contributed by atoms with Crippen LogP contribution in [0.4, 0.5) is 14.5 Å². The molecule has 20 heavy (non-hydrogen) atoms. The molecule has 0 spiro atoms. The van der Waals surface area contributed by atoms with Crippen molar-refractivity contribution < 1.29 is 23.3 Å². The van der Waals surface area contributed by atoms with Crippen LogP contribution in [0.3, 0.4) is 0 Å². The van der Waals surface area contributed by atoms with E-state index in [1.54, 1.807) is 0 Å². The van der Waals surface area contributed by atoms with Crippen molar-refractivity contribution in [2.75, 3.05) is 20.6 Å². The summed E-state index contributed by atoms with van der Waals surface area (Å²) < 4.78 is 27.0. The summed E-state index contributed by atoms with van der Waals surface area (Å²) in [5.41, 5.74) is -1.74. The van der Waals surface area contributed by atoms with Crippen LogP contribution in [-0.4, -0.2) is 42.3 Å². The summed E-state index contributed by atoms with van der Waals surface area (Å²) in [6, 6.07) is 0.770. The summed E-state index contributed by atoms with van der Waals surface area (Å²) >= 11 is 0. The highest BCUT2D eigenvalue weighted by Crippen LogP contribution is 2.22. The summed E-state index contributed by atoms with van der Waals surface area (Å²) in [7, 11) is 2.57. The van der Waals surface area contributed by atoms with E-state index in [-0.39, 0.29) is 6.54 Å². The summed E-state index contributed by atoms with van der Waals surface area (Å²) in [5.74, 6) is -4.01. The lowest BCUT2D eigenvalue weighted by Crippen LogP contribution is -2.37. The highest BCUT2D eigenvalue weighted by atomic mass is 19.1. The number of rotatable bonds is 4. The SMILES string of the molecule is CNC(=O)CN(C)C(=O)c1cc(F)c([N+](=O)[O-])cc1F. The maximum atomic E-state index is 13.6. The van der Waals surface area contributed by atoms with Crippen molar-refractivity contribution in [3.05, 3.63) is 39.4 Å². The molecule has 1 aromatic rings. The van der Waals surface area contributed by atoms with Gasteiger partial charge in [0.25, 0.3) is 5.91 Å². The van der Waals surface area contributed by atoms with Gasteiger partial charge in [-0.05, 0) is 6.07 Å². The smallest absolute Gasteiger partial charge is 0.307 e. The number of nitrogens with one attached hydrogen (secondary N) is 1. The minimum Gasteiger partial charge on any atom is -0.358 e. The van der Waals surface area contributed by atoms with E-state index in [1.807, 2.05) is 0 Å². The van der Waals surface area contributed by atoms with Gasteiger partial charge in [0, 0.05) is 14.1 Å².